The molecule has 1 aromatic rings. The van der Waals surface area contributed by atoms with Crippen molar-refractivity contribution in [3.05, 3.63) is 5.82 Å². The van der Waals surface area contributed by atoms with E-state index in [-0.39, 0.29) is 6.04 Å². The van der Waals surface area contributed by atoms with Crippen molar-refractivity contribution in [3.63, 3.8) is 0 Å². The molecular weight excluding hydrogens is 226 g/mol. The minimum absolute atomic E-state index is 0.205. The van der Waals surface area contributed by atoms with Crippen molar-refractivity contribution >= 4 is 0 Å². The molecule has 1 rings (SSSR count). The quantitative estimate of drug-likeness (QED) is 0.773. The van der Waals surface area contributed by atoms with Crippen LogP contribution in [-0.2, 0) is 6.54 Å². The first kappa shape index (κ1) is 15.1. The first-order valence-corrected chi connectivity index (χ1v) is 7.07. The van der Waals surface area contributed by atoms with E-state index < -0.39 is 0 Å². The fraction of sp³-hybridized carbons (Fsp3) is 0.923. The largest absolute Gasteiger partial charge is 0.307 e. The second-order valence-electron chi connectivity index (χ2n) is 5.43. The van der Waals surface area contributed by atoms with Crippen molar-refractivity contribution < 1.29 is 0 Å². The molecule has 0 aromatic carbocycles. The van der Waals surface area contributed by atoms with Crippen LogP contribution in [0.4, 0.5) is 0 Å². The molecule has 0 saturated heterocycles. The van der Waals surface area contributed by atoms with E-state index in [1.54, 1.807) is 0 Å². The zero-order valence-electron chi connectivity index (χ0n) is 12.3. The Kier molecular flexibility index (Phi) is 6.25. The maximum Gasteiger partial charge on any atom is 0.167 e. The Morgan fingerprint density at radius 3 is 2.39 bits per heavy atom. The Balaban J connectivity index is 2.63. The van der Waals surface area contributed by atoms with Crippen LogP contribution in [0.1, 0.15) is 59.3 Å². The highest BCUT2D eigenvalue weighted by atomic mass is 15.5. The molecule has 0 aliphatic rings. The third kappa shape index (κ3) is 4.37. The molecule has 0 bridgehead atoms. The van der Waals surface area contributed by atoms with Crippen LogP contribution < -0.4 is 5.32 Å². The summed E-state index contributed by atoms with van der Waals surface area (Å²) in [6, 6.07) is 0.205. The molecule has 1 N–H and O–H groups in total. The van der Waals surface area contributed by atoms with Crippen LogP contribution in [0, 0.1) is 11.8 Å². The summed E-state index contributed by atoms with van der Waals surface area (Å²) in [5, 5.41) is 15.6. The van der Waals surface area contributed by atoms with Gasteiger partial charge in [-0.15, -0.1) is 5.10 Å². The van der Waals surface area contributed by atoms with E-state index in [0.29, 0.717) is 11.8 Å². The monoisotopic (exact) mass is 253 g/mol. The molecule has 18 heavy (non-hydrogen) atoms. The van der Waals surface area contributed by atoms with Crippen molar-refractivity contribution in [1.29, 1.82) is 0 Å². The van der Waals surface area contributed by atoms with Gasteiger partial charge in [-0.25, -0.2) is 4.68 Å². The summed E-state index contributed by atoms with van der Waals surface area (Å²) >= 11 is 0. The van der Waals surface area contributed by atoms with Gasteiger partial charge in [-0.2, -0.15) is 0 Å². The Bertz CT molecular complexity index is 330. The van der Waals surface area contributed by atoms with Crippen molar-refractivity contribution in [2.24, 2.45) is 11.8 Å². The second kappa shape index (κ2) is 7.46. The summed E-state index contributed by atoms with van der Waals surface area (Å²) in [6.45, 7) is 12.9. The van der Waals surface area contributed by atoms with Crippen LogP contribution in [0.3, 0.4) is 0 Å². The Labute approximate surface area is 110 Å². The van der Waals surface area contributed by atoms with Crippen LogP contribution >= 0.6 is 0 Å². The molecule has 0 radical (unpaired) electrons. The molecule has 5 heteroatoms. The van der Waals surface area contributed by atoms with Gasteiger partial charge in [0.05, 0.1) is 6.04 Å². The third-order valence-electron chi connectivity index (χ3n) is 3.37. The second-order valence-corrected chi connectivity index (χ2v) is 5.43. The normalized spacial score (nSPS) is 13.5. The first-order chi connectivity index (χ1) is 8.58. The van der Waals surface area contributed by atoms with Gasteiger partial charge in [0, 0.05) is 6.54 Å². The highest BCUT2D eigenvalue weighted by Crippen LogP contribution is 2.14. The molecule has 104 valence electrons. The average molecular weight is 253 g/mol. The summed E-state index contributed by atoms with van der Waals surface area (Å²) in [6.07, 6.45) is 2.34. The van der Waals surface area contributed by atoms with Crippen LogP contribution in [0.15, 0.2) is 0 Å². The summed E-state index contributed by atoms with van der Waals surface area (Å²) in [7, 11) is 0. The fourth-order valence-corrected chi connectivity index (χ4v) is 1.95. The lowest BCUT2D eigenvalue weighted by molar-refractivity contribution is 0.368. The first-order valence-electron chi connectivity index (χ1n) is 7.07. The van der Waals surface area contributed by atoms with Crippen LogP contribution in [0.25, 0.3) is 0 Å². The third-order valence-corrected chi connectivity index (χ3v) is 3.37. The van der Waals surface area contributed by atoms with Gasteiger partial charge in [-0.1, -0.05) is 40.5 Å². The summed E-state index contributed by atoms with van der Waals surface area (Å²) in [5.41, 5.74) is 0. The van der Waals surface area contributed by atoms with Crippen molar-refractivity contribution in [3.8, 4) is 0 Å². The summed E-state index contributed by atoms with van der Waals surface area (Å²) < 4.78 is 1.95. The minimum atomic E-state index is 0.205. The van der Waals surface area contributed by atoms with E-state index in [2.05, 4.69) is 55.5 Å². The number of rotatable bonds is 8. The van der Waals surface area contributed by atoms with Crippen LogP contribution in [-0.4, -0.2) is 26.8 Å². The Hall–Kier alpha value is -0.970. The molecule has 0 spiro atoms. The summed E-state index contributed by atoms with van der Waals surface area (Å²) in [5.74, 6) is 2.24. The number of aromatic nitrogens is 4. The van der Waals surface area contributed by atoms with E-state index in [4.69, 9.17) is 0 Å². The number of nitrogens with zero attached hydrogens (tertiary/aromatic N) is 4. The topological polar surface area (TPSA) is 55.6 Å². The number of hydrogen-bond acceptors (Lipinski definition) is 4. The molecule has 1 atom stereocenters. The predicted octanol–water partition coefficient (Wildman–Crippen LogP) is 2.42. The molecule has 1 unspecified atom stereocenters. The lowest BCUT2D eigenvalue weighted by atomic mass is 10.0. The molecule has 1 aromatic heterocycles. The Morgan fingerprint density at radius 1 is 1.17 bits per heavy atom. The molecule has 0 aliphatic heterocycles. The number of nitrogens with one attached hydrogen (secondary N) is 1. The van der Waals surface area contributed by atoms with E-state index in [1.807, 2.05) is 4.68 Å². The van der Waals surface area contributed by atoms with E-state index in [1.165, 1.54) is 12.8 Å². The van der Waals surface area contributed by atoms with Gasteiger partial charge < -0.3 is 5.32 Å². The lowest BCUT2D eigenvalue weighted by Crippen LogP contribution is -2.27. The Morgan fingerprint density at radius 2 is 1.83 bits per heavy atom. The highest BCUT2D eigenvalue weighted by Gasteiger charge is 2.16. The molecule has 0 amide bonds. The predicted molar refractivity (Wildman–Crippen MR) is 73.1 cm³/mol. The van der Waals surface area contributed by atoms with Gasteiger partial charge >= 0.3 is 0 Å². The summed E-state index contributed by atoms with van der Waals surface area (Å²) in [4.78, 5) is 0. The van der Waals surface area contributed by atoms with Crippen molar-refractivity contribution in [1.82, 2.24) is 25.5 Å². The van der Waals surface area contributed by atoms with E-state index in [9.17, 15) is 0 Å². The van der Waals surface area contributed by atoms with E-state index >= 15 is 0 Å². The van der Waals surface area contributed by atoms with Gasteiger partial charge in [0.1, 0.15) is 0 Å². The average Bonchev–Trinajstić information content (AvgIpc) is 2.81. The standard InChI is InChI=1S/C13H27N5/c1-6-12(7-2)9-18-13(15-16-17-18)11(5)14-8-10(3)4/h10-12,14H,6-9H2,1-5H3. The van der Waals surface area contributed by atoms with Gasteiger partial charge in [-0.3, -0.25) is 0 Å². The molecule has 5 nitrogen and oxygen atoms in total. The molecule has 0 fully saturated rings. The minimum Gasteiger partial charge on any atom is -0.307 e. The lowest BCUT2D eigenvalue weighted by Gasteiger charge is -2.17. The van der Waals surface area contributed by atoms with E-state index in [0.717, 1.165) is 18.9 Å². The zero-order chi connectivity index (χ0) is 13.5. The van der Waals surface area contributed by atoms with Crippen molar-refractivity contribution in [2.75, 3.05) is 6.54 Å². The maximum absolute atomic E-state index is 4.16. The molecule has 0 saturated carbocycles. The van der Waals surface area contributed by atoms with Gasteiger partial charge in [0.2, 0.25) is 0 Å². The molecule has 1 heterocycles. The smallest absolute Gasteiger partial charge is 0.167 e. The van der Waals surface area contributed by atoms with Gasteiger partial charge in [0.25, 0.3) is 0 Å². The van der Waals surface area contributed by atoms with Crippen LogP contribution in [0.5, 0.6) is 0 Å². The number of hydrogen-bond donors (Lipinski definition) is 1. The fourth-order valence-electron chi connectivity index (χ4n) is 1.95. The maximum atomic E-state index is 4.16. The van der Waals surface area contributed by atoms with Gasteiger partial charge in [-0.05, 0) is 35.7 Å². The SMILES string of the molecule is CCC(CC)Cn1nnnc1C(C)NCC(C)C. The van der Waals surface area contributed by atoms with Crippen molar-refractivity contribution in [2.45, 2.75) is 60.0 Å². The molecular formula is C13H27N5. The van der Waals surface area contributed by atoms with Gasteiger partial charge in [0.15, 0.2) is 5.82 Å². The zero-order valence-corrected chi connectivity index (χ0v) is 12.3. The number of tetrazole rings is 1. The highest BCUT2D eigenvalue weighted by molar-refractivity contribution is 4.90. The van der Waals surface area contributed by atoms with Crippen LogP contribution in [0.2, 0.25) is 0 Å². The molecule has 0 aliphatic carbocycles.